The van der Waals surface area contributed by atoms with E-state index in [2.05, 4.69) is 15.5 Å². The minimum Gasteiger partial charge on any atom is -0.364 e. The van der Waals surface area contributed by atoms with Gasteiger partial charge in [-0.15, -0.1) is 0 Å². The van der Waals surface area contributed by atoms with Gasteiger partial charge in [0, 0.05) is 11.8 Å². The van der Waals surface area contributed by atoms with Gasteiger partial charge in [0.2, 0.25) is 0 Å². The molecule has 1 fully saturated rings. The van der Waals surface area contributed by atoms with Crippen LogP contribution in [0, 0.1) is 12.8 Å². The highest BCUT2D eigenvalue weighted by Crippen LogP contribution is 2.40. The van der Waals surface area contributed by atoms with Crippen molar-refractivity contribution < 1.29 is 9.32 Å². The number of aryl methyl sites for hydroxylation is 1. The van der Waals surface area contributed by atoms with Gasteiger partial charge < -0.3 is 9.84 Å². The van der Waals surface area contributed by atoms with Gasteiger partial charge in [-0.3, -0.25) is 9.78 Å². The second-order valence-electron chi connectivity index (χ2n) is 4.88. The molecule has 2 heterocycles. The van der Waals surface area contributed by atoms with Crippen LogP contribution < -0.4 is 5.32 Å². The predicted octanol–water partition coefficient (Wildman–Crippen LogP) is 2.26. The van der Waals surface area contributed by atoms with Gasteiger partial charge in [0.25, 0.3) is 5.91 Å². The summed E-state index contributed by atoms with van der Waals surface area (Å²) in [7, 11) is 0. The number of nitrogens with zero attached hydrogens (tertiary/aromatic N) is 2. The standard InChI is InChI=1S/C14H15N3O2/c1-9-3-2-4-11(15-9)13(10-5-6-10)16-14(18)12-7-8-19-17-12/h2-4,7-8,10,13H,5-6H2,1H3,(H,16,18). The number of carbonyl (C=O) groups excluding carboxylic acids is 1. The smallest absolute Gasteiger partial charge is 0.274 e. The Morgan fingerprint density at radius 1 is 1.42 bits per heavy atom. The fourth-order valence-corrected chi connectivity index (χ4v) is 2.15. The number of pyridine rings is 1. The average Bonchev–Trinajstić information content (AvgIpc) is 3.09. The van der Waals surface area contributed by atoms with Crippen LogP contribution in [0.25, 0.3) is 0 Å². The van der Waals surface area contributed by atoms with Crippen molar-refractivity contribution in [3.05, 3.63) is 47.6 Å². The van der Waals surface area contributed by atoms with E-state index in [1.807, 2.05) is 25.1 Å². The highest BCUT2D eigenvalue weighted by Gasteiger charge is 2.34. The molecular formula is C14H15N3O2. The topological polar surface area (TPSA) is 68.0 Å². The van der Waals surface area contributed by atoms with E-state index in [0.29, 0.717) is 11.6 Å². The fourth-order valence-electron chi connectivity index (χ4n) is 2.15. The summed E-state index contributed by atoms with van der Waals surface area (Å²) in [6, 6.07) is 7.40. The van der Waals surface area contributed by atoms with Crippen molar-refractivity contribution in [3.63, 3.8) is 0 Å². The predicted molar refractivity (Wildman–Crippen MR) is 68.4 cm³/mol. The molecule has 0 aromatic carbocycles. The number of hydrogen-bond acceptors (Lipinski definition) is 4. The van der Waals surface area contributed by atoms with Gasteiger partial charge in [0.05, 0.1) is 11.7 Å². The summed E-state index contributed by atoms with van der Waals surface area (Å²) in [5.41, 5.74) is 2.18. The number of rotatable bonds is 4. The first-order valence-electron chi connectivity index (χ1n) is 6.39. The molecule has 5 heteroatoms. The molecule has 98 valence electrons. The monoisotopic (exact) mass is 257 g/mol. The van der Waals surface area contributed by atoms with Crippen LogP contribution in [0.5, 0.6) is 0 Å². The molecule has 1 unspecified atom stereocenters. The summed E-state index contributed by atoms with van der Waals surface area (Å²) in [6.07, 6.45) is 3.64. The Morgan fingerprint density at radius 3 is 2.89 bits per heavy atom. The molecule has 5 nitrogen and oxygen atoms in total. The summed E-state index contributed by atoms with van der Waals surface area (Å²) in [4.78, 5) is 16.6. The fraction of sp³-hybridized carbons (Fsp3) is 0.357. The molecule has 0 spiro atoms. The Hall–Kier alpha value is -2.17. The normalized spacial score (nSPS) is 16.1. The van der Waals surface area contributed by atoms with E-state index in [4.69, 9.17) is 4.52 Å². The molecule has 0 saturated heterocycles. The van der Waals surface area contributed by atoms with E-state index < -0.39 is 0 Å². The zero-order valence-corrected chi connectivity index (χ0v) is 10.7. The van der Waals surface area contributed by atoms with Crippen molar-refractivity contribution in [2.75, 3.05) is 0 Å². The average molecular weight is 257 g/mol. The second kappa shape index (κ2) is 4.84. The quantitative estimate of drug-likeness (QED) is 0.912. The minimum absolute atomic E-state index is 0.0379. The maximum Gasteiger partial charge on any atom is 0.274 e. The molecule has 1 amide bonds. The Labute approximate surface area is 111 Å². The van der Waals surface area contributed by atoms with Crippen molar-refractivity contribution in [3.8, 4) is 0 Å². The number of carbonyl (C=O) groups is 1. The maximum absolute atomic E-state index is 12.0. The minimum atomic E-state index is -0.214. The van der Waals surface area contributed by atoms with Crippen molar-refractivity contribution in [2.24, 2.45) is 5.92 Å². The molecule has 2 aromatic rings. The number of aromatic nitrogens is 2. The van der Waals surface area contributed by atoms with E-state index in [0.717, 1.165) is 24.2 Å². The van der Waals surface area contributed by atoms with E-state index in [-0.39, 0.29) is 11.9 Å². The molecular weight excluding hydrogens is 242 g/mol. The van der Waals surface area contributed by atoms with E-state index in [1.54, 1.807) is 6.07 Å². The molecule has 0 radical (unpaired) electrons. The van der Waals surface area contributed by atoms with Gasteiger partial charge in [-0.25, -0.2) is 0 Å². The Kier molecular flexibility index (Phi) is 3.03. The highest BCUT2D eigenvalue weighted by atomic mass is 16.5. The van der Waals surface area contributed by atoms with Crippen LogP contribution in [-0.2, 0) is 0 Å². The molecule has 1 atom stereocenters. The molecule has 3 rings (SSSR count). The lowest BCUT2D eigenvalue weighted by Gasteiger charge is -2.17. The molecule has 1 saturated carbocycles. The van der Waals surface area contributed by atoms with Crippen molar-refractivity contribution >= 4 is 5.91 Å². The molecule has 2 aromatic heterocycles. The third kappa shape index (κ3) is 2.65. The molecule has 0 aliphatic heterocycles. The largest absolute Gasteiger partial charge is 0.364 e. The summed E-state index contributed by atoms with van der Waals surface area (Å²) in [6.45, 7) is 1.95. The molecule has 19 heavy (non-hydrogen) atoms. The van der Waals surface area contributed by atoms with Crippen molar-refractivity contribution in [1.82, 2.24) is 15.5 Å². The van der Waals surface area contributed by atoms with E-state index >= 15 is 0 Å². The SMILES string of the molecule is Cc1cccc(C(NC(=O)c2ccon2)C2CC2)n1. The second-order valence-corrected chi connectivity index (χ2v) is 4.88. The summed E-state index contributed by atoms with van der Waals surface area (Å²) < 4.78 is 4.69. The first-order valence-corrected chi connectivity index (χ1v) is 6.39. The number of amides is 1. The first kappa shape index (κ1) is 11.9. The van der Waals surface area contributed by atoms with Crippen LogP contribution >= 0.6 is 0 Å². The first-order chi connectivity index (χ1) is 9.24. The zero-order chi connectivity index (χ0) is 13.2. The Balaban J connectivity index is 1.80. The van der Waals surface area contributed by atoms with Crippen LogP contribution in [0.15, 0.2) is 35.1 Å². The van der Waals surface area contributed by atoms with Gasteiger partial charge in [-0.2, -0.15) is 0 Å². The number of hydrogen-bond donors (Lipinski definition) is 1. The summed E-state index contributed by atoms with van der Waals surface area (Å²) in [5.74, 6) is 0.263. The van der Waals surface area contributed by atoms with Gasteiger partial charge in [0.15, 0.2) is 5.69 Å². The van der Waals surface area contributed by atoms with Gasteiger partial charge >= 0.3 is 0 Å². The Bertz CT molecular complexity index is 576. The van der Waals surface area contributed by atoms with Crippen LogP contribution in [-0.4, -0.2) is 16.0 Å². The van der Waals surface area contributed by atoms with E-state index in [1.165, 1.54) is 6.26 Å². The zero-order valence-electron chi connectivity index (χ0n) is 10.7. The lowest BCUT2D eigenvalue weighted by atomic mass is 10.1. The van der Waals surface area contributed by atoms with Gasteiger partial charge in [-0.1, -0.05) is 11.2 Å². The van der Waals surface area contributed by atoms with Gasteiger partial charge in [0.1, 0.15) is 6.26 Å². The van der Waals surface area contributed by atoms with Crippen molar-refractivity contribution in [2.45, 2.75) is 25.8 Å². The third-order valence-electron chi connectivity index (χ3n) is 3.28. The van der Waals surface area contributed by atoms with Crippen LogP contribution in [0.3, 0.4) is 0 Å². The molecule has 1 N–H and O–H groups in total. The summed E-state index contributed by atoms with van der Waals surface area (Å²) in [5, 5.41) is 6.65. The molecule has 0 bridgehead atoms. The Morgan fingerprint density at radius 2 is 2.26 bits per heavy atom. The lowest BCUT2D eigenvalue weighted by Crippen LogP contribution is -2.30. The van der Waals surface area contributed by atoms with Gasteiger partial charge in [-0.05, 0) is 37.8 Å². The summed E-state index contributed by atoms with van der Waals surface area (Å²) >= 11 is 0. The van der Waals surface area contributed by atoms with Crippen LogP contribution in [0.4, 0.5) is 0 Å². The molecule has 1 aliphatic carbocycles. The number of nitrogens with one attached hydrogen (secondary N) is 1. The van der Waals surface area contributed by atoms with Crippen LogP contribution in [0.1, 0.15) is 40.8 Å². The maximum atomic E-state index is 12.0. The third-order valence-corrected chi connectivity index (χ3v) is 3.28. The van der Waals surface area contributed by atoms with E-state index in [9.17, 15) is 4.79 Å². The van der Waals surface area contributed by atoms with Crippen molar-refractivity contribution in [1.29, 1.82) is 0 Å². The molecule has 1 aliphatic rings. The van der Waals surface area contributed by atoms with Crippen LogP contribution in [0.2, 0.25) is 0 Å². The lowest BCUT2D eigenvalue weighted by molar-refractivity contribution is 0.0921. The highest BCUT2D eigenvalue weighted by molar-refractivity contribution is 5.92.